The van der Waals surface area contributed by atoms with Gasteiger partial charge in [-0.1, -0.05) is 0 Å². The van der Waals surface area contributed by atoms with E-state index in [1.807, 2.05) is 0 Å². The summed E-state index contributed by atoms with van der Waals surface area (Å²) in [7, 11) is 0. The van der Waals surface area contributed by atoms with Crippen LogP contribution in [0.2, 0.25) is 0 Å². The molecule has 0 bridgehead atoms. The Hall–Kier alpha value is -1.86. The van der Waals surface area contributed by atoms with Crippen LogP contribution in [0.1, 0.15) is 6.42 Å². The molecule has 4 atom stereocenters. The SMILES string of the molecule is NC[C@H]1CN(c2ccc(N3CC4OC5CC453)c(F)c2)C(=O)O1. The molecule has 2 N–H and O–H groups in total. The van der Waals surface area contributed by atoms with Crippen molar-refractivity contribution in [1.82, 2.24) is 0 Å². The van der Waals surface area contributed by atoms with Crippen LogP contribution >= 0.6 is 0 Å². The van der Waals surface area contributed by atoms with E-state index in [0.717, 1.165) is 13.0 Å². The van der Waals surface area contributed by atoms with Crippen molar-refractivity contribution in [2.75, 3.05) is 29.4 Å². The molecule has 4 fully saturated rings. The van der Waals surface area contributed by atoms with Crippen LogP contribution in [0.3, 0.4) is 0 Å². The van der Waals surface area contributed by atoms with Crippen LogP contribution in [0.5, 0.6) is 0 Å². The number of rotatable bonds is 3. The van der Waals surface area contributed by atoms with Crippen LogP contribution in [-0.2, 0) is 9.47 Å². The second kappa shape index (κ2) is 3.91. The molecule has 5 rings (SSSR count). The Kier molecular flexibility index (Phi) is 2.25. The summed E-state index contributed by atoms with van der Waals surface area (Å²) >= 11 is 0. The molecule has 1 spiro atoms. The highest BCUT2D eigenvalue weighted by Gasteiger charge is 2.79. The first kappa shape index (κ1) is 12.7. The van der Waals surface area contributed by atoms with Crippen LogP contribution in [0, 0.1) is 5.82 Å². The van der Waals surface area contributed by atoms with E-state index in [2.05, 4.69) is 4.90 Å². The first-order valence-electron chi connectivity index (χ1n) is 7.54. The molecule has 3 aliphatic heterocycles. The number of ether oxygens (including phenoxy) is 2. The molecule has 1 aliphatic carbocycles. The van der Waals surface area contributed by atoms with Crippen LogP contribution in [0.15, 0.2) is 18.2 Å². The average Bonchev–Trinajstić information content (AvgIpc) is 3.07. The van der Waals surface area contributed by atoms with Gasteiger partial charge < -0.3 is 20.1 Å². The lowest BCUT2D eigenvalue weighted by atomic mass is 9.90. The number of halogens is 1. The van der Waals surface area contributed by atoms with Gasteiger partial charge in [0.25, 0.3) is 0 Å². The molecular weight excluding hydrogens is 289 g/mol. The van der Waals surface area contributed by atoms with Gasteiger partial charge in [-0.15, -0.1) is 0 Å². The lowest BCUT2D eigenvalue weighted by molar-refractivity contribution is -0.116. The third-order valence-electron chi connectivity index (χ3n) is 5.32. The Morgan fingerprint density at radius 2 is 2.23 bits per heavy atom. The molecule has 1 amide bonds. The number of benzene rings is 1. The summed E-state index contributed by atoms with van der Waals surface area (Å²) in [5.74, 6) is -0.313. The summed E-state index contributed by atoms with van der Waals surface area (Å²) < 4.78 is 25.2. The van der Waals surface area contributed by atoms with Gasteiger partial charge in [0.05, 0.1) is 29.6 Å². The largest absolute Gasteiger partial charge is 0.443 e. The van der Waals surface area contributed by atoms with E-state index in [1.54, 1.807) is 12.1 Å². The first-order valence-corrected chi connectivity index (χ1v) is 7.54. The van der Waals surface area contributed by atoms with E-state index in [9.17, 15) is 9.18 Å². The van der Waals surface area contributed by atoms with Gasteiger partial charge in [-0.2, -0.15) is 0 Å². The number of amides is 1. The van der Waals surface area contributed by atoms with Crippen LogP contribution in [0.25, 0.3) is 0 Å². The number of cyclic esters (lactones) is 1. The number of hydrogen-bond acceptors (Lipinski definition) is 5. The molecule has 22 heavy (non-hydrogen) atoms. The quantitative estimate of drug-likeness (QED) is 0.896. The van der Waals surface area contributed by atoms with Crippen molar-refractivity contribution in [1.29, 1.82) is 0 Å². The van der Waals surface area contributed by atoms with Crippen LogP contribution in [-0.4, -0.2) is 49.6 Å². The Balaban J connectivity index is 1.41. The Morgan fingerprint density at radius 1 is 1.36 bits per heavy atom. The molecule has 1 saturated carbocycles. The van der Waals surface area contributed by atoms with E-state index in [1.165, 1.54) is 11.0 Å². The molecule has 4 aliphatic rings. The summed E-state index contributed by atoms with van der Waals surface area (Å²) in [6.07, 6.45) is 0.749. The summed E-state index contributed by atoms with van der Waals surface area (Å²) in [5.41, 5.74) is 6.68. The van der Waals surface area contributed by atoms with Crippen LogP contribution < -0.4 is 15.5 Å². The lowest BCUT2D eigenvalue weighted by Crippen LogP contribution is -2.72. The standard InChI is InChI=1S/C15H16FN3O3/c16-10-3-8(18-6-9(5-17)21-14(18)20)1-2-11(10)19-7-13-15(19)4-12(15)22-13/h1-3,9,12-13H,4-7,17H2/t9-,12?,13?,15?/m0/s1. The smallest absolute Gasteiger partial charge is 0.414 e. The molecule has 3 saturated heterocycles. The first-order chi connectivity index (χ1) is 10.6. The zero-order chi connectivity index (χ0) is 15.1. The highest BCUT2D eigenvalue weighted by Crippen LogP contribution is 2.64. The number of morpholine rings is 1. The van der Waals surface area contributed by atoms with E-state index in [-0.39, 0.29) is 36.2 Å². The maximum atomic E-state index is 14.5. The van der Waals surface area contributed by atoms with E-state index in [0.29, 0.717) is 17.9 Å². The van der Waals surface area contributed by atoms with Crippen molar-refractivity contribution >= 4 is 17.5 Å². The summed E-state index contributed by atoms with van der Waals surface area (Å²) in [6.45, 7) is 1.37. The Morgan fingerprint density at radius 3 is 2.82 bits per heavy atom. The van der Waals surface area contributed by atoms with Gasteiger partial charge in [0.1, 0.15) is 18.0 Å². The zero-order valence-electron chi connectivity index (χ0n) is 11.9. The zero-order valence-corrected chi connectivity index (χ0v) is 11.9. The molecule has 1 aromatic carbocycles. The molecule has 0 radical (unpaired) electrons. The minimum absolute atomic E-state index is 0.0690. The molecule has 116 valence electrons. The van der Waals surface area contributed by atoms with Crippen molar-refractivity contribution in [3.8, 4) is 0 Å². The van der Waals surface area contributed by atoms with Gasteiger partial charge >= 0.3 is 6.09 Å². The van der Waals surface area contributed by atoms with Crippen molar-refractivity contribution in [2.24, 2.45) is 5.73 Å². The average molecular weight is 305 g/mol. The molecule has 6 nitrogen and oxygen atoms in total. The topological polar surface area (TPSA) is 68.0 Å². The fraction of sp³-hybridized carbons (Fsp3) is 0.533. The van der Waals surface area contributed by atoms with Gasteiger partial charge in [0, 0.05) is 19.5 Å². The fourth-order valence-electron chi connectivity index (χ4n) is 3.93. The van der Waals surface area contributed by atoms with Gasteiger partial charge in [0.15, 0.2) is 0 Å². The lowest BCUT2D eigenvalue weighted by Gasteiger charge is -2.56. The summed E-state index contributed by atoms with van der Waals surface area (Å²) in [5, 5.41) is 0. The normalized spacial score (nSPS) is 37.9. The molecule has 1 aromatic rings. The monoisotopic (exact) mass is 305 g/mol. The minimum Gasteiger partial charge on any atom is -0.443 e. The van der Waals surface area contributed by atoms with E-state index >= 15 is 0 Å². The summed E-state index contributed by atoms with van der Waals surface area (Å²) in [4.78, 5) is 15.3. The van der Waals surface area contributed by atoms with E-state index < -0.39 is 6.09 Å². The van der Waals surface area contributed by atoms with Crippen molar-refractivity contribution < 1.29 is 18.7 Å². The Labute approximate surface area is 126 Å². The maximum absolute atomic E-state index is 14.5. The van der Waals surface area contributed by atoms with E-state index in [4.69, 9.17) is 15.2 Å². The van der Waals surface area contributed by atoms with Gasteiger partial charge in [0.2, 0.25) is 0 Å². The van der Waals surface area contributed by atoms with Crippen molar-refractivity contribution in [3.63, 3.8) is 0 Å². The van der Waals surface area contributed by atoms with Crippen molar-refractivity contribution in [3.05, 3.63) is 24.0 Å². The number of nitrogens with two attached hydrogens (primary N) is 1. The Bertz CT molecular complexity index is 684. The third kappa shape index (κ3) is 1.38. The molecule has 3 unspecified atom stereocenters. The molecular formula is C15H16FN3O3. The fourth-order valence-corrected chi connectivity index (χ4v) is 3.93. The number of nitrogens with zero attached hydrogens (tertiary/aromatic N) is 2. The van der Waals surface area contributed by atoms with Gasteiger partial charge in [-0.25, -0.2) is 9.18 Å². The minimum atomic E-state index is -0.472. The number of anilines is 2. The predicted molar refractivity (Wildman–Crippen MR) is 76.4 cm³/mol. The predicted octanol–water partition coefficient (Wildman–Crippen LogP) is 0.839. The second-order valence-electron chi connectivity index (χ2n) is 6.41. The number of carbonyl (C=O) groups is 1. The number of hydrogen-bond donors (Lipinski definition) is 1. The third-order valence-corrected chi connectivity index (χ3v) is 5.32. The maximum Gasteiger partial charge on any atom is 0.414 e. The second-order valence-corrected chi connectivity index (χ2v) is 6.41. The van der Waals surface area contributed by atoms with Crippen molar-refractivity contribution in [2.45, 2.75) is 30.3 Å². The summed E-state index contributed by atoms with van der Waals surface area (Å²) in [6, 6.07) is 4.90. The molecule has 7 heteroatoms. The molecule has 3 heterocycles. The highest BCUT2D eigenvalue weighted by molar-refractivity contribution is 5.90. The van der Waals surface area contributed by atoms with Crippen LogP contribution in [0.4, 0.5) is 20.6 Å². The van der Waals surface area contributed by atoms with Gasteiger partial charge in [-0.05, 0) is 18.2 Å². The highest BCUT2D eigenvalue weighted by atomic mass is 19.1. The van der Waals surface area contributed by atoms with Gasteiger partial charge in [-0.3, -0.25) is 4.90 Å². The molecule has 0 aromatic heterocycles. The number of carbonyl (C=O) groups excluding carboxylic acids is 1.